The predicted octanol–water partition coefficient (Wildman–Crippen LogP) is 2.62. The minimum Gasteiger partial charge on any atom is -0.469 e. The summed E-state index contributed by atoms with van der Waals surface area (Å²) in [4.78, 5) is 12.0. The lowest BCUT2D eigenvalue weighted by atomic mass is 10.1. The number of furan rings is 1. The smallest absolute Gasteiger partial charge is 0.223 e. The van der Waals surface area contributed by atoms with Crippen LogP contribution in [0.5, 0.6) is 0 Å². The SMILES string of the molecule is O=C(NCCC(O)c1ccccc1)C1CC1c1ccco1. The number of carbonyl (C=O) groups excluding carboxylic acids is 1. The molecule has 1 aromatic heterocycles. The van der Waals surface area contributed by atoms with Crippen molar-refractivity contribution in [3.05, 3.63) is 60.1 Å². The van der Waals surface area contributed by atoms with Crippen LogP contribution in [-0.4, -0.2) is 17.6 Å². The fraction of sp³-hybridized carbons (Fsp3) is 0.353. The van der Waals surface area contributed by atoms with Gasteiger partial charge in [-0.1, -0.05) is 30.3 Å². The van der Waals surface area contributed by atoms with Gasteiger partial charge >= 0.3 is 0 Å². The highest BCUT2D eigenvalue weighted by Crippen LogP contribution is 2.47. The number of carbonyl (C=O) groups is 1. The summed E-state index contributed by atoms with van der Waals surface area (Å²) in [5.41, 5.74) is 0.881. The maximum absolute atomic E-state index is 12.0. The zero-order valence-corrected chi connectivity index (χ0v) is 11.7. The van der Waals surface area contributed by atoms with Gasteiger partial charge in [-0.05, 0) is 30.5 Å². The van der Waals surface area contributed by atoms with Crippen molar-refractivity contribution in [2.75, 3.05) is 6.54 Å². The van der Waals surface area contributed by atoms with Gasteiger partial charge < -0.3 is 14.8 Å². The van der Waals surface area contributed by atoms with E-state index >= 15 is 0 Å². The van der Waals surface area contributed by atoms with Crippen molar-refractivity contribution in [1.29, 1.82) is 0 Å². The molecule has 4 heteroatoms. The van der Waals surface area contributed by atoms with E-state index in [1.165, 1.54) is 0 Å². The fourth-order valence-electron chi connectivity index (χ4n) is 2.61. The van der Waals surface area contributed by atoms with Crippen LogP contribution < -0.4 is 5.32 Å². The van der Waals surface area contributed by atoms with Crippen molar-refractivity contribution in [2.24, 2.45) is 5.92 Å². The molecule has 1 amide bonds. The molecule has 1 aliphatic rings. The summed E-state index contributed by atoms with van der Waals surface area (Å²) >= 11 is 0. The summed E-state index contributed by atoms with van der Waals surface area (Å²) in [7, 11) is 0. The standard InChI is InChI=1S/C17H19NO3/c19-15(12-5-2-1-3-6-12)8-9-18-17(20)14-11-13(14)16-7-4-10-21-16/h1-7,10,13-15,19H,8-9,11H2,(H,18,20). The third-order valence-electron chi connectivity index (χ3n) is 3.94. The number of aliphatic hydroxyl groups excluding tert-OH is 1. The molecule has 0 bridgehead atoms. The number of rotatable bonds is 6. The van der Waals surface area contributed by atoms with Crippen LogP contribution >= 0.6 is 0 Å². The van der Waals surface area contributed by atoms with Crippen molar-refractivity contribution >= 4 is 5.91 Å². The summed E-state index contributed by atoms with van der Waals surface area (Å²) < 4.78 is 5.32. The van der Waals surface area contributed by atoms with Crippen molar-refractivity contribution in [3.8, 4) is 0 Å². The third-order valence-corrected chi connectivity index (χ3v) is 3.94. The van der Waals surface area contributed by atoms with Gasteiger partial charge in [0.25, 0.3) is 0 Å². The molecule has 2 N–H and O–H groups in total. The van der Waals surface area contributed by atoms with Gasteiger partial charge in [0.05, 0.1) is 12.4 Å². The molecule has 4 nitrogen and oxygen atoms in total. The second-order valence-corrected chi connectivity index (χ2v) is 5.47. The van der Waals surface area contributed by atoms with Gasteiger partial charge in [0, 0.05) is 18.4 Å². The number of aliphatic hydroxyl groups is 1. The average molecular weight is 285 g/mol. The van der Waals surface area contributed by atoms with E-state index in [1.807, 2.05) is 42.5 Å². The van der Waals surface area contributed by atoms with E-state index in [1.54, 1.807) is 6.26 Å². The molecule has 1 fully saturated rings. The van der Waals surface area contributed by atoms with Gasteiger partial charge in [0.15, 0.2) is 0 Å². The molecule has 0 aliphatic heterocycles. The Morgan fingerprint density at radius 1 is 1.29 bits per heavy atom. The lowest BCUT2D eigenvalue weighted by Gasteiger charge is -2.11. The molecular weight excluding hydrogens is 266 g/mol. The molecule has 2 aromatic rings. The molecule has 0 spiro atoms. The summed E-state index contributed by atoms with van der Waals surface area (Å²) in [6.07, 6.45) is 2.47. The van der Waals surface area contributed by atoms with E-state index in [9.17, 15) is 9.90 Å². The maximum Gasteiger partial charge on any atom is 0.223 e. The topological polar surface area (TPSA) is 62.5 Å². The van der Waals surface area contributed by atoms with Crippen LogP contribution in [-0.2, 0) is 4.79 Å². The first kappa shape index (κ1) is 13.9. The Bertz CT molecular complexity index is 579. The quantitative estimate of drug-likeness (QED) is 0.857. The zero-order chi connectivity index (χ0) is 14.7. The molecule has 1 saturated carbocycles. The Balaban J connectivity index is 1.41. The van der Waals surface area contributed by atoms with Gasteiger partial charge in [-0.3, -0.25) is 4.79 Å². The van der Waals surface area contributed by atoms with E-state index < -0.39 is 6.10 Å². The van der Waals surface area contributed by atoms with Crippen LogP contribution in [0, 0.1) is 5.92 Å². The number of amides is 1. The second-order valence-electron chi connectivity index (χ2n) is 5.47. The van der Waals surface area contributed by atoms with Crippen molar-refractivity contribution in [1.82, 2.24) is 5.32 Å². The van der Waals surface area contributed by atoms with Gasteiger partial charge in [-0.25, -0.2) is 0 Å². The highest BCUT2D eigenvalue weighted by molar-refractivity contribution is 5.82. The van der Waals surface area contributed by atoms with E-state index in [0.717, 1.165) is 17.7 Å². The van der Waals surface area contributed by atoms with Crippen LogP contribution in [0.1, 0.15) is 36.2 Å². The molecule has 21 heavy (non-hydrogen) atoms. The normalized spacial score (nSPS) is 21.8. The first-order chi connectivity index (χ1) is 10.3. The Kier molecular flexibility index (Phi) is 4.06. The molecular formula is C17H19NO3. The Morgan fingerprint density at radius 2 is 2.10 bits per heavy atom. The lowest BCUT2D eigenvalue weighted by Crippen LogP contribution is -2.27. The third kappa shape index (κ3) is 3.34. The molecule has 0 radical (unpaired) electrons. The van der Waals surface area contributed by atoms with E-state index in [2.05, 4.69) is 5.32 Å². The summed E-state index contributed by atoms with van der Waals surface area (Å²) in [6.45, 7) is 0.482. The monoisotopic (exact) mass is 285 g/mol. The van der Waals surface area contributed by atoms with Crippen molar-refractivity contribution in [2.45, 2.75) is 24.9 Å². The molecule has 3 rings (SSSR count). The number of nitrogens with one attached hydrogen (secondary N) is 1. The first-order valence-electron chi connectivity index (χ1n) is 7.30. The van der Waals surface area contributed by atoms with Crippen LogP contribution in [0.2, 0.25) is 0 Å². The van der Waals surface area contributed by atoms with Crippen LogP contribution in [0.3, 0.4) is 0 Å². The van der Waals surface area contributed by atoms with Gasteiger partial charge in [-0.15, -0.1) is 0 Å². The fourth-order valence-corrected chi connectivity index (χ4v) is 2.61. The van der Waals surface area contributed by atoms with Crippen molar-refractivity contribution < 1.29 is 14.3 Å². The van der Waals surface area contributed by atoms with Gasteiger partial charge in [-0.2, -0.15) is 0 Å². The van der Waals surface area contributed by atoms with Crippen LogP contribution in [0.15, 0.2) is 53.1 Å². The van der Waals surface area contributed by atoms with Crippen molar-refractivity contribution in [3.63, 3.8) is 0 Å². The Morgan fingerprint density at radius 3 is 2.81 bits per heavy atom. The summed E-state index contributed by atoms with van der Waals surface area (Å²) in [6, 6.07) is 13.3. The average Bonchev–Trinajstić information content (AvgIpc) is 3.14. The zero-order valence-electron chi connectivity index (χ0n) is 11.7. The molecule has 0 saturated heterocycles. The summed E-state index contributed by atoms with van der Waals surface area (Å²) in [5.74, 6) is 1.18. The Hall–Kier alpha value is -2.07. The van der Waals surface area contributed by atoms with E-state index in [0.29, 0.717) is 13.0 Å². The van der Waals surface area contributed by atoms with Gasteiger partial charge in [0.2, 0.25) is 5.91 Å². The maximum atomic E-state index is 12.0. The first-order valence-corrected chi connectivity index (χ1v) is 7.30. The highest BCUT2D eigenvalue weighted by Gasteiger charge is 2.45. The van der Waals surface area contributed by atoms with E-state index in [-0.39, 0.29) is 17.7 Å². The molecule has 1 heterocycles. The second kappa shape index (κ2) is 6.14. The minimum absolute atomic E-state index is 0.0185. The summed E-state index contributed by atoms with van der Waals surface area (Å²) in [5, 5.41) is 12.9. The molecule has 110 valence electrons. The number of hydrogen-bond donors (Lipinski definition) is 2. The number of benzene rings is 1. The number of hydrogen-bond acceptors (Lipinski definition) is 3. The minimum atomic E-state index is -0.536. The molecule has 3 atom stereocenters. The lowest BCUT2D eigenvalue weighted by molar-refractivity contribution is -0.122. The molecule has 3 unspecified atom stereocenters. The highest BCUT2D eigenvalue weighted by atomic mass is 16.3. The molecule has 1 aliphatic carbocycles. The Labute approximate surface area is 123 Å². The molecule has 1 aromatic carbocycles. The van der Waals surface area contributed by atoms with E-state index in [4.69, 9.17) is 4.42 Å². The predicted molar refractivity (Wildman–Crippen MR) is 78.6 cm³/mol. The van der Waals surface area contributed by atoms with Gasteiger partial charge in [0.1, 0.15) is 5.76 Å². The van der Waals surface area contributed by atoms with Crippen LogP contribution in [0.25, 0.3) is 0 Å². The van der Waals surface area contributed by atoms with Crippen LogP contribution in [0.4, 0.5) is 0 Å². The largest absolute Gasteiger partial charge is 0.469 e.